The number of hydrogen-bond acceptors (Lipinski definition) is 3. The summed E-state index contributed by atoms with van der Waals surface area (Å²) in [5.41, 5.74) is 9.83. The van der Waals surface area contributed by atoms with Crippen LogP contribution in [0.3, 0.4) is 0 Å². The highest BCUT2D eigenvalue weighted by Gasteiger charge is 2.58. The third-order valence-electron chi connectivity index (χ3n) is 12.2. The molecule has 1 aromatic heterocycles. The second-order valence-electron chi connectivity index (χ2n) is 16.6. The normalized spacial score (nSPS) is 28.5. The summed E-state index contributed by atoms with van der Waals surface area (Å²) in [6, 6.07) is 9.33. The molecular formula is C38H57NO2Si. The number of pyridine rings is 1. The van der Waals surface area contributed by atoms with Crippen LogP contribution < -0.4 is 0 Å². The van der Waals surface area contributed by atoms with E-state index in [1.165, 1.54) is 71.3 Å². The summed E-state index contributed by atoms with van der Waals surface area (Å²) < 4.78 is 15.1. The standard InChI is InChI=1S/C38H57NO2Si/c1-11-28-14-12-21-38(28)33-31-29(22-37(19-13-20-37)23-30(31)41-42(9,10)36(6,7)8)39-34(25(4)5)32(33)35(40-38)27-17-15-26(16-18-27)24(2)3/h15-18,24-25,28,30,35H,11-14,19-23H2,1-10H3. The summed E-state index contributed by atoms with van der Waals surface area (Å²) in [7, 11) is -2.02. The van der Waals surface area contributed by atoms with Crippen molar-refractivity contribution < 1.29 is 9.16 Å². The van der Waals surface area contributed by atoms with Crippen LogP contribution in [0, 0.1) is 11.3 Å². The first kappa shape index (κ1) is 30.5. The van der Waals surface area contributed by atoms with Gasteiger partial charge in [-0.3, -0.25) is 4.98 Å². The molecule has 4 heteroatoms. The molecule has 230 valence electrons. The van der Waals surface area contributed by atoms with Crippen molar-refractivity contribution in [3.8, 4) is 0 Å². The van der Waals surface area contributed by atoms with Gasteiger partial charge in [-0.2, -0.15) is 0 Å². The van der Waals surface area contributed by atoms with Crippen molar-refractivity contribution in [1.29, 1.82) is 0 Å². The van der Waals surface area contributed by atoms with E-state index in [1.807, 2.05) is 0 Å². The maximum Gasteiger partial charge on any atom is 0.192 e. The Kier molecular flexibility index (Phi) is 7.67. The van der Waals surface area contributed by atoms with Crippen LogP contribution in [-0.4, -0.2) is 13.3 Å². The predicted octanol–water partition coefficient (Wildman–Crippen LogP) is 11.0. The summed E-state index contributed by atoms with van der Waals surface area (Å²) in [4.78, 5) is 5.69. The molecule has 4 aliphatic rings. The Bertz CT molecular complexity index is 1320. The van der Waals surface area contributed by atoms with Crippen LogP contribution in [0.2, 0.25) is 18.1 Å². The molecule has 0 amide bonds. The molecule has 2 fully saturated rings. The number of nitrogens with zero attached hydrogens (tertiary/aromatic N) is 1. The molecule has 2 saturated carbocycles. The SMILES string of the molecule is CCC1CCCC12OC(c1ccc(C(C)C)cc1)c1c(C(C)C)nc3c(c12)C(O[Si](C)(C)C(C)(C)C)CC1(CCC1)C3. The van der Waals surface area contributed by atoms with E-state index < -0.39 is 8.32 Å². The van der Waals surface area contributed by atoms with Crippen molar-refractivity contribution in [2.75, 3.05) is 0 Å². The smallest absolute Gasteiger partial charge is 0.192 e. The highest BCUT2D eigenvalue weighted by atomic mass is 28.4. The fraction of sp³-hybridized carbons (Fsp3) is 0.711. The van der Waals surface area contributed by atoms with E-state index in [0.29, 0.717) is 23.2 Å². The molecule has 1 aliphatic heterocycles. The topological polar surface area (TPSA) is 31.4 Å². The highest BCUT2D eigenvalue weighted by molar-refractivity contribution is 6.74. The minimum atomic E-state index is -2.02. The lowest BCUT2D eigenvalue weighted by atomic mass is 9.58. The number of hydrogen-bond donors (Lipinski definition) is 0. The van der Waals surface area contributed by atoms with Crippen molar-refractivity contribution in [3.05, 3.63) is 63.5 Å². The molecule has 2 aromatic rings. The van der Waals surface area contributed by atoms with E-state index in [-0.39, 0.29) is 22.8 Å². The van der Waals surface area contributed by atoms with Crippen LogP contribution in [0.25, 0.3) is 0 Å². The fourth-order valence-corrected chi connectivity index (χ4v) is 9.89. The van der Waals surface area contributed by atoms with Gasteiger partial charge in [-0.25, -0.2) is 0 Å². The molecular weight excluding hydrogens is 531 g/mol. The number of benzene rings is 1. The molecule has 0 radical (unpaired) electrons. The van der Waals surface area contributed by atoms with Gasteiger partial charge in [0.15, 0.2) is 8.32 Å². The van der Waals surface area contributed by atoms with E-state index in [4.69, 9.17) is 14.1 Å². The first-order valence-corrected chi connectivity index (χ1v) is 20.2. The average molecular weight is 588 g/mol. The van der Waals surface area contributed by atoms with Crippen LogP contribution in [0.15, 0.2) is 24.3 Å². The molecule has 2 heterocycles. The zero-order valence-corrected chi connectivity index (χ0v) is 29.3. The van der Waals surface area contributed by atoms with Crippen molar-refractivity contribution in [2.24, 2.45) is 11.3 Å². The summed E-state index contributed by atoms with van der Waals surface area (Å²) in [5, 5.41) is 0.167. The minimum Gasteiger partial charge on any atom is -0.410 e. The van der Waals surface area contributed by atoms with E-state index >= 15 is 0 Å². The Morgan fingerprint density at radius 1 is 0.976 bits per heavy atom. The van der Waals surface area contributed by atoms with Gasteiger partial charge in [0.1, 0.15) is 6.10 Å². The lowest BCUT2D eigenvalue weighted by Crippen LogP contribution is -2.46. The molecule has 2 spiro atoms. The molecule has 42 heavy (non-hydrogen) atoms. The highest BCUT2D eigenvalue weighted by Crippen LogP contribution is 2.64. The Labute approximate surface area is 257 Å². The number of aromatic nitrogens is 1. The van der Waals surface area contributed by atoms with E-state index in [0.717, 1.165) is 25.7 Å². The van der Waals surface area contributed by atoms with Gasteiger partial charge in [-0.05, 0) is 103 Å². The number of fused-ring (bicyclic) bond motifs is 4. The Hall–Kier alpha value is -1.49. The molecule has 0 bridgehead atoms. The maximum atomic E-state index is 7.58. The van der Waals surface area contributed by atoms with Crippen molar-refractivity contribution >= 4 is 8.32 Å². The lowest BCUT2D eigenvalue weighted by molar-refractivity contribution is -0.0894. The van der Waals surface area contributed by atoms with Crippen molar-refractivity contribution in [1.82, 2.24) is 4.98 Å². The average Bonchev–Trinajstić information content (AvgIpc) is 3.47. The first-order valence-electron chi connectivity index (χ1n) is 17.2. The monoisotopic (exact) mass is 587 g/mol. The molecule has 4 atom stereocenters. The minimum absolute atomic E-state index is 0.0586. The zero-order chi connectivity index (χ0) is 30.2. The zero-order valence-electron chi connectivity index (χ0n) is 28.3. The first-order chi connectivity index (χ1) is 19.7. The van der Waals surface area contributed by atoms with Gasteiger partial charge < -0.3 is 9.16 Å². The molecule has 4 unspecified atom stereocenters. The van der Waals surface area contributed by atoms with Crippen LogP contribution in [0.5, 0.6) is 0 Å². The maximum absolute atomic E-state index is 7.58. The van der Waals surface area contributed by atoms with E-state index in [9.17, 15) is 0 Å². The molecule has 3 nitrogen and oxygen atoms in total. The Morgan fingerprint density at radius 3 is 2.21 bits per heavy atom. The quantitative estimate of drug-likeness (QED) is 0.315. The van der Waals surface area contributed by atoms with Gasteiger partial charge in [0.25, 0.3) is 0 Å². The van der Waals surface area contributed by atoms with Crippen molar-refractivity contribution in [2.45, 2.75) is 161 Å². The number of ether oxygens (including phenoxy) is 1. The summed E-state index contributed by atoms with van der Waals surface area (Å²) in [6.45, 7) is 23.7. The van der Waals surface area contributed by atoms with Gasteiger partial charge in [0.2, 0.25) is 0 Å². The van der Waals surface area contributed by atoms with Gasteiger partial charge in [0.05, 0.1) is 11.7 Å². The molecule has 1 aromatic carbocycles. The molecule has 6 rings (SSSR count). The fourth-order valence-electron chi connectivity index (χ4n) is 8.62. The molecule has 3 aliphatic carbocycles. The molecule has 0 N–H and O–H groups in total. The van der Waals surface area contributed by atoms with Gasteiger partial charge in [-0.15, -0.1) is 0 Å². The van der Waals surface area contributed by atoms with E-state index in [2.05, 4.69) is 92.7 Å². The third-order valence-corrected chi connectivity index (χ3v) is 16.7. The van der Waals surface area contributed by atoms with Gasteiger partial charge in [0, 0.05) is 22.5 Å². The van der Waals surface area contributed by atoms with Crippen LogP contribution >= 0.6 is 0 Å². The Morgan fingerprint density at radius 2 is 1.67 bits per heavy atom. The van der Waals surface area contributed by atoms with Gasteiger partial charge >= 0.3 is 0 Å². The van der Waals surface area contributed by atoms with Crippen LogP contribution in [0.1, 0.15) is 170 Å². The van der Waals surface area contributed by atoms with Crippen LogP contribution in [-0.2, 0) is 21.2 Å². The van der Waals surface area contributed by atoms with Crippen LogP contribution in [0.4, 0.5) is 0 Å². The Balaban J connectivity index is 1.61. The second-order valence-corrected chi connectivity index (χ2v) is 21.4. The predicted molar refractivity (Wildman–Crippen MR) is 177 cm³/mol. The van der Waals surface area contributed by atoms with E-state index in [1.54, 1.807) is 0 Å². The summed E-state index contributed by atoms with van der Waals surface area (Å²) in [5.74, 6) is 1.41. The lowest BCUT2D eigenvalue weighted by Gasteiger charge is -2.51. The third kappa shape index (κ3) is 4.78. The molecule has 0 saturated heterocycles. The van der Waals surface area contributed by atoms with Crippen molar-refractivity contribution in [3.63, 3.8) is 0 Å². The largest absolute Gasteiger partial charge is 0.410 e. The number of rotatable bonds is 6. The van der Waals surface area contributed by atoms with Gasteiger partial charge in [-0.1, -0.05) is 92.5 Å². The second kappa shape index (κ2) is 10.6. The summed E-state index contributed by atoms with van der Waals surface area (Å²) >= 11 is 0. The summed E-state index contributed by atoms with van der Waals surface area (Å²) in [6.07, 6.45) is 11.1.